The van der Waals surface area contributed by atoms with Crippen LogP contribution in [0.3, 0.4) is 0 Å². The maximum Gasteiger partial charge on any atom is 0.220 e. The van der Waals surface area contributed by atoms with Gasteiger partial charge < -0.3 is 5.32 Å². The summed E-state index contributed by atoms with van der Waals surface area (Å²) < 4.78 is 0. The predicted molar refractivity (Wildman–Crippen MR) is 47.6 cm³/mol. The zero-order valence-corrected chi connectivity index (χ0v) is 7.89. The van der Waals surface area contributed by atoms with E-state index in [9.17, 15) is 4.79 Å². The maximum atomic E-state index is 11.1. The fourth-order valence-corrected chi connectivity index (χ4v) is 2.89. The molecule has 2 heteroatoms. The largest absolute Gasteiger partial charge is 0.356 e. The third-order valence-corrected chi connectivity index (χ3v) is 3.68. The van der Waals surface area contributed by atoms with E-state index in [-0.39, 0.29) is 5.91 Å². The number of nitrogens with one attached hydrogen (secondary N) is 1. The second-order valence-corrected chi connectivity index (χ2v) is 4.82. The molecule has 1 saturated heterocycles. The molecule has 0 bridgehead atoms. The molecule has 12 heavy (non-hydrogen) atoms. The summed E-state index contributed by atoms with van der Waals surface area (Å²) in [5.74, 6) is 1.87. The summed E-state index contributed by atoms with van der Waals surface area (Å²) in [4.78, 5) is 11.1. The van der Waals surface area contributed by atoms with E-state index < -0.39 is 0 Å². The molecule has 2 nitrogen and oxygen atoms in total. The molecular weight excluding hydrogens is 150 g/mol. The lowest BCUT2D eigenvalue weighted by molar-refractivity contribution is -0.119. The molecule has 2 aliphatic rings. The van der Waals surface area contributed by atoms with Crippen LogP contribution in [0, 0.1) is 17.3 Å². The van der Waals surface area contributed by atoms with Crippen molar-refractivity contribution in [2.24, 2.45) is 17.3 Å². The monoisotopic (exact) mass is 167 g/mol. The Bertz CT molecular complexity index is 202. The highest BCUT2D eigenvalue weighted by molar-refractivity contribution is 5.79. The highest BCUT2D eigenvalue weighted by Gasteiger charge is 2.46. The lowest BCUT2D eigenvalue weighted by Gasteiger charge is -2.19. The number of amides is 1. The summed E-state index contributed by atoms with van der Waals surface area (Å²) in [5.41, 5.74) is 0.343. The quantitative estimate of drug-likeness (QED) is 0.583. The summed E-state index contributed by atoms with van der Waals surface area (Å²) in [5, 5.41) is 2.95. The third kappa shape index (κ3) is 1.13. The van der Waals surface area contributed by atoms with Gasteiger partial charge in [-0.1, -0.05) is 13.8 Å². The Kier molecular flexibility index (Phi) is 1.67. The van der Waals surface area contributed by atoms with E-state index in [0.29, 0.717) is 5.41 Å². The van der Waals surface area contributed by atoms with E-state index in [4.69, 9.17) is 0 Å². The summed E-state index contributed by atoms with van der Waals surface area (Å²) >= 11 is 0. The molecule has 2 unspecified atom stereocenters. The van der Waals surface area contributed by atoms with Crippen molar-refractivity contribution < 1.29 is 4.79 Å². The SMILES string of the molecule is CC1CC2(CNC(=O)C2)C[C@H]1C. The fourth-order valence-electron chi connectivity index (χ4n) is 2.89. The van der Waals surface area contributed by atoms with Gasteiger partial charge in [-0.3, -0.25) is 4.79 Å². The van der Waals surface area contributed by atoms with Crippen LogP contribution in [0.25, 0.3) is 0 Å². The average molecular weight is 167 g/mol. The first-order valence-electron chi connectivity index (χ1n) is 4.88. The van der Waals surface area contributed by atoms with Crippen LogP contribution in [0.5, 0.6) is 0 Å². The molecule has 1 aliphatic heterocycles. The van der Waals surface area contributed by atoms with Gasteiger partial charge >= 0.3 is 0 Å². The minimum atomic E-state index is 0.260. The molecule has 1 heterocycles. The van der Waals surface area contributed by atoms with Crippen molar-refractivity contribution in [1.82, 2.24) is 5.32 Å². The summed E-state index contributed by atoms with van der Waals surface area (Å²) in [6, 6.07) is 0. The highest BCUT2D eigenvalue weighted by atomic mass is 16.1. The molecule has 0 radical (unpaired) electrons. The minimum absolute atomic E-state index is 0.260. The summed E-state index contributed by atoms with van der Waals surface area (Å²) in [6.45, 7) is 5.55. The molecule has 1 N–H and O–H groups in total. The van der Waals surface area contributed by atoms with Gasteiger partial charge in [0.1, 0.15) is 0 Å². The Balaban J connectivity index is 2.10. The van der Waals surface area contributed by atoms with Crippen molar-refractivity contribution in [3.63, 3.8) is 0 Å². The summed E-state index contributed by atoms with van der Waals surface area (Å²) in [7, 11) is 0. The number of hydrogen-bond acceptors (Lipinski definition) is 1. The second kappa shape index (κ2) is 2.48. The van der Waals surface area contributed by atoms with Crippen LogP contribution >= 0.6 is 0 Å². The van der Waals surface area contributed by atoms with Gasteiger partial charge in [0.15, 0.2) is 0 Å². The van der Waals surface area contributed by atoms with Crippen LogP contribution in [0.2, 0.25) is 0 Å². The van der Waals surface area contributed by atoms with Gasteiger partial charge in [-0.2, -0.15) is 0 Å². The second-order valence-electron chi connectivity index (χ2n) is 4.82. The Morgan fingerprint density at radius 3 is 2.33 bits per heavy atom. The standard InChI is InChI=1S/C10H17NO/c1-7-3-10(4-8(7)2)5-9(12)11-6-10/h7-8H,3-6H2,1-2H3,(H,11,12)/t7-,8?,10?/m1/s1. The molecule has 1 saturated carbocycles. The van der Waals surface area contributed by atoms with Crippen molar-refractivity contribution in [3.05, 3.63) is 0 Å². The number of hydrogen-bond donors (Lipinski definition) is 1. The van der Waals surface area contributed by atoms with Crippen molar-refractivity contribution in [2.75, 3.05) is 6.54 Å². The predicted octanol–water partition coefficient (Wildman–Crippen LogP) is 1.56. The molecule has 2 fully saturated rings. The van der Waals surface area contributed by atoms with Crippen LogP contribution in [0.1, 0.15) is 33.1 Å². The maximum absolute atomic E-state index is 11.1. The van der Waals surface area contributed by atoms with Gasteiger partial charge in [0.25, 0.3) is 0 Å². The van der Waals surface area contributed by atoms with Crippen LogP contribution in [0.15, 0.2) is 0 Å². The average Bonchev–Trinajstić information content (AvgIpc) is 2.42. The Labute approximate surface area is 73.7 Å². The molecule has 0 aromatic carbocycles. The molecule has 1 amide bonds. The minimum Gasteiger partial charge on any atom is -0.356 e. The topological polar surface area (TPSA) is 29.1 Å². The van der Waals surface area contributed by atoms with E-state index in [1.54, 1.807) is 0 Å². The first-order valence-corrected chi connectivity index (χ1v) is 4.88. The zero-order chi connectivity index (χ0) is 8.77. The van der Waals surface area contributed by atoms with Crippen LogP contribution in [-0.2, 0) is 4.79 Å². The lowest BCUT2D eigenvalue weighted by atomic mass is 9.84. The van der Waals surface area contributed by atoms with Gasteiger partial charge in [0.2, 0.25) is 5.91 Å². The van der Waals surface area contributed by atoms with E-state index in [2.05, 4.69) is 19.2 Å². The Morgan fingerprint density at radius 2 is 1.92 bits per heavy atom. The first kappa shape index (κ1) is 8.09. The molecular formula is C10H17NO. The van der Waals surface area contributed by atoms with Gasteiger partial charge in [-0.25, -0.2) is 0 Å². The van der Waals surface area contributed by atoms with Crippen LogP contribution < -0.4 is 5.32 Å². The van der Waals surface area contributed by atoms with E-state index >= 15 is 0 Å². The lowest BCUT2D eigenvalue weighted by Crippen LogP contribution is -2.20. The third-order valence-electron chi connectivity index (χ3n) is 3.68. The van der Waals surface area contributed by atoms with Crippen molar-refractivity contribution in [2.45, 2.75) is 33.1 Å². The van der Waals surface area contributed by atoms with Crippen molar-refractivity contribution >= 4 is 5.91 Å². The zero-order valence-electron chi connectivity index (χ0n) is 7.89. The Morgan fingerprint density at radius 1 is 1.33 bits per heavy atom. The number of carbonyl (C=O) groups excluding carboxylic acids is 1. The summed E-state index contributed by atoms with van der Waals surface area (Å²) in [6.07, 6.45) is 3.27. The molecule has 1 aliphatic carbocycles. The normalized spacial score (nSPS) is 47.0. The van der Waals surface area contributed by atoms with Crippen molar-refractivity contribution in [1.29, 1.82) is 0 Å². The van der Waals surface area contributed by atoms with Crippen molar-refractivity contribution in [3.8, 4) is 0 Å². The number of rotatable bonds is 0. The van der Waals surface area contributed by atoms with Gasteiger partial charge in [-0.05, 0) is 30.1 Å². The first-order chi connectivity index (χ1) is 5.61. The highest BCUT2D eigenvalue weighted by Crippen LogP contribution is 2.48. The fraction of sp³-hybridized carbons (Fsp3) is 0.900. The molecule has 2 rings (SSSR count). The molecule has 0 aromatic rings. The Hall–Kier alpha value is -0.530. The molecule has 1 spiro atoms. The van der Waals surface area contributed by atoms with Gasteiger partial charge in [0, 0.05) is 13.0 Å². The molecule has 68 valence electrons. The van der Waals surface area contributed by atoms with Crippen LogP contribution in [-0.4, -0.2) is 12.5 Å². The molecule has 0 aromatic heterocycles. The van der Waals surface area contributed by atoms with Gasteiger partial charge in [0.05, 0.1) is 0 Å². The van der Waals surface area contributed by atoms with E-state index in [1.807, 2.05) is 0 Å². The number of carbonyl (C=O) groups is 1. The van der Waals surface area contributed by atoms with Gasteiger partial charge in [-0.15, -0.1) is 0 Å². The smallest absolute Gasteiger partial charge is 0.220 e. The van der Waals surface area contributed by atoms with E-state index in [0.717, 1.165) is 24.8 Å². The van der Waals surface area contributed by atoms with Crippen LogP contribution in [0.4, 0.5) is 0 Å². The molecule has 3 atom stereocenters. The van der Waals surface area contributed by atoms with E-state index in [1.165, 1.54) is 12.8 Å².